The van der Waals surface area contributed by atoms with Crippen LogP contribution < -0.4 is 0 Å². The Morgan fingerprint density at radius 2 is 1.97 bits per heavy atom. The van der Waals surface area contributed by atoms with E-state index in [0.29, 0.717) is 18.8 Å². The number of hydrogen-bond acceptors (Lipinski definition) is 4. The number of piperazine rings is 1. The number of benzene rings is 1. The van der Waals surface area contributed by atoms with Gasteiger partial charge in [0.1, 0.15) is 11.5 Å². The van der Waals surface area contributed by atoms with Crippen LogP contribution in [0.4, 0.5) is 4.39 Å². The molecule has 3 aromatic heterocycles. The second-order valence-electron chi connectivity index (χ2n) is 8.27. The Kier molecular flexibility index (Phi) is 5.22. The molecular formula is C24H25FN6O. The highest BCUT2D eigenvalue weighted by molar-refractivity contribution is 6.00. The Labute approximate surface area is 185 Å². The molecule has 164 valence electrons. The van der Waals surface area contributed by atoms with Gasteiger partial charge in [-0.25, -0.2) is 4.39 Å². The molecule has 1 aliphatic heterocycles. The van der Waals surface area contributed by atoms with Crippen molar-refractivity contribution in [3.05, 3.63) is 71.6 Å². The van der Waals surface area contributed by atoms with Crippen molar-refractivity contribution in [2.75, 3.05) is 26.2 Å². The maximum atomic E-state index is 13.6. The number of halogens is 1. The van der Waals surface area contributed by atoms with Crippen molar-refractivity contribution in [1.82, 2.24) is 29.5 Å². The Morgan fingerprint density at radius 1 is 1.16 bits per heavy atom. The standard InChI is InChI=1S/C24H25FN6O/c1-16-20-12-18(25)5-6-21(20)27-23(16)24(32)31-10-8-30(9-11-31)15-19-13-22(28-29(19)2)17-4-3-7-26-14-17/h3-7,12-14,27H,8-11,15H2,1-2H3. The maximum Gasteiger partial charge on any atom is 0.270 e. The molecule has 7 nitrogen and oxygen atoms in total. The molecule has 1 N–H and O–H groups in total. The van der Waals surface area contributed by atoms with Gasteiger partial charge in [-0.15, -0.1) is 0 Å². The van der Waals surface area contributed by atoms with Gasteiger partial charge in [0.25, 0.3) is 5.91 Å². The predicted molar refractivity (Wildman–Crippen MR) is 121 cm³/mol. The number of nitrogens with zero attached hydrogens (tertiary/aromatic N) is 5. The molecule has 0 atom stereocenters. The number of amides is 1. The fraction of sp³-hybridized carbons (Fsp3) is 0.292. The zero-order valence-electron chi connectivity index (χ0n) is 18.2. The monoisotopic (exact) mass is 432 g/mol. The highest BCUT2D eigenvalue weighted by atomic mass is 19.1. The predicted octanol–water partition coefficient (Wildman–Crippen LogP) is 3.37. The lowest BCUT2D eigenvalue weighted by molar-refractivity contribution is 0.0620. The quantitative estimate of drug-likeness (QED) is 0.537. The van der Waals surface area contributed by atoms with E-state index in [4.69, 9.17) is 0 Å². The van der Waals surface area contributed by atoms with Gasteiger partial charge >= 0.3 is 0 Å². The van der Waals surface area contributed by atoms with Gasteiger partial charge in [-0.1, -0.05) is 0 Å². The number of H-pyrrole nitrogens is 1. The molecule has 1 aliphatic rings. The van der Waals surface area contributed by atoms with Crippen molar-refractivity contribution in [2.24, 2.45) is 7.05 Å². The summed E-state index contributed by atoms with van der Waals surface area (Å²) in [6.45, 7) is 5.51. The van der Waals surface area contributed by atoms with E-state index in [9.17, 15) is 9.18 Å². The van der Waals surface area contributed by atoms with E-state index in [0.717, 1.165) is 53.1 Å². The highest BCUT2D eigenvalue weighted by Gasteiger charge is 2.25. The van der Waals surface area contributed by atoms with E-state index in [1.807, 2.05) is 41.9 Å². The van der Waals surface area contributed by atoms with Crippen LogP contribution in [-0.2, 0) is 13.6 Å². The molecule has 32 heavy (non-hydrogen) atoms. The topological polar surface area (TPSA) is 70.1 Å². The first-order chi connectivity index (χ1) is 15.5. The van der Waals surface area contributed by atoms with Gasteiger partial charge in [0.05, 0.1) is 11.4 Å². The minimum atomic E-state index is -0.297. The fourth-order valence-electron chi connectivity index (χ4n) is 4.32. The third-order valence-electron chi connectivity index (χ3n) is 6.21. The summed E-state index contributed by atoms with van der Waals surface area (Å²) in [6.07, 6.45) is 3.57. The SMILES string of the molecule is Cc1c(C(=O)N2CCN(Cc3cc(-c4cccnc4)nn3C)CC2)[nH]c2ccc(F)cc12. The second-order valence-corrected chi connectivity index (χ2v) is 8.27. The molecule has 0 bridgehead atoms. The van der Waals surface area contributed by atoms with Gasteiger partial charge in [-0.2, -0.15) is 5.10 Å². The lowest BCUT2D eigenvalue weighted by Gasteiger charge is -2.34. The van der Waals surface area contributed by atoms with Crippen LogP contribution in [0.3, 0.4) is 0 Å². The third-order valence-corrected chi connectivity index (χ3v) is 6.21. The first-order valence-electron chi connectivity index (χ1n) is 10.7. The molecule has 0 aliphatic carbocycles. The van der Waals surface area contributed by atoms with Crippen LogP contribution >= 0.6 is 0 Å². The van der Waals surface area contributed by atoms with Crippen LogP contribution in [0.1, 0.15) is 21.7 Å². The Morgan fingerprint density at radius 3 is 2.72 bits per heavy atom. The molecule has 0 unspecified atom stereocenters. The summed E-state index contributed by atoms with van der Waals surface area (Å²) in [5, 5.41) is 5.38. The molecule has 1 amide bonds. The summed E-state index contributed by atoms with van der Waals surface area (Å²) in [5.74, 6) is -0.327. The number of aromatic nitrogens is 4. The lowest BCUT2D eigenvalue weighted by Crippen LogP contribution is -2.48. The maximum absolute atomic E-state index is 13.6. The molecule has 8 heteroatoms. The average Bonchev–Trinajstić information content (AvgIpc) is 3.34. The average molecular weight is 433 g/mol. The van der Waals surface area contributed by atoms with Crippen molar-refractivity contribution in [3.8, 4) is 11.3 Å². The minimum Gasteiger partial charge on any atom is -0.350 e. The summed E-state index contributed by atoms with van der Waals surface area (Å²) in [6, 6.07) is 10.6. The summed E-state index contributed by atoms with van der Waals surface area (Å²) in [4.78, 5) is 24.7. The van der Waals surface area contributed by atoms with Crippen molar-refractivity contribution in [2.45, 2.75) is 13.5 Å². The molecule has 1 saturated heterocycles. The van der Waals surface area contributed by atoms with Crippen LogP contribution in [-0.4, -0.2) is 61.6 Å². The summed E-state index contributed by atoms with van der Waals surface area (Å²) in [7, 11) is 1.95. The van der Waals surface area contributed by atoms with Gasteiger partial charge in [0.15, 0.2) is 0 Å². The zero-order valence-corrected chi connectivity index (χ0v) is 18.2. The number of fused-ring (bicyclic) bond motifs is 1. The summed E-state index contributed by atoms with van der Waals surface area (Å²) in [5.41, 5.74) is 5.16. The van der Waals surface area contributed by atoms with Crippen LogP contribution in [0.5, 0.6) is 0 Å². The molecule has 1 fully saturated rings. The number of carbonyl (C=O) groups excluding carboxylic acids is 1. The summed E-state index contributed by atoms with van der Waals surface area (Å²) < 4.78 is 15.5. The van der Waals surface area contributed by atoms with Crippen LogP contribution in [0.2, 0.25) is 0 Å². The molecule has 1 aromatic carbocycles. The van der Waals surface area contributed by atoms with Gasteiger partial charge in [-0.05, 0) is 48.9 Å². The molecule has 4 aromatic rings. The van der Waals surface area contributed by atoms with E-state index in [2.05, 4.69) is 26.0 Å². The third kappa shape index (κ3) is 3.78. The molecule has 0 saturated carbocycles. The fourth-order valence-corrected chi connectivity index (χ4v) is 4.32. The number of nitrogens with one attached hydrogen (secondary N) is 1. The Balaban J connectivity index is 1.25. The van der Waals surface area contributed by atoms with E-state index < -0.39 is 0 Å². The van der Waals surface area contributed by atoms with Gasteiger partial charge in [-0.3, -0.25) is 19.4 Å². The van der Waals surface area contributed by atoms with Gasteiger partial charge in [0.2, 0.25) is 0 Å². The molecule has 0 spiro atoms. The number of pyridine rings is 1. The largest absolute Gasteiger partial charge is 0.350 e. The zero-order chi connectivity index (χ0) is 22.2. The lowest BCUT2D eigenvalue weighted by atomic mass is 10.1. The van der Waals surface area contributed by atoms with Crippen molar-refractivity contribution in [3.63, 3.8) is 0 Å². The Hall–Kier alpha value is -3.52. The van der Waals surface area contributed by atoms with Crippen molar-refractivity contribution < 1.29 is 9.18 Å². The minimum absolute atomic E-state index is 0.0295. The van der Waals surface area contributed by atoms with Crippen molar-refractivity contribution in [1.29, 1.82) is 0 Å². The number of rotatable bonds is 4. The second kappa shape index (κ2) is 8.20. The molecule has 4 heterocycles. The molecule has 0 radical (unpaired) electrons. The van der Waals surface area contributed by atoms with Crippen LogP contribution in [0.15, 0.2) is 48.8 Å². The normalized spacial score (nSPS) is 14.9. The van der Waals surface area contributed by atoms with Crippen molar-refractivity contribution >= 4 is 16.8 Å². The van der Waals surface area contributed by atoms with Gasteiger partial charge in [0, 0.05) is 68.6 Å². The highest BCUT2D eigenvalue weighted by Crippen LogP contribution is 2.24. The van der Waals surface area contributed by atoms with E-state index in [-0.39, 0.29) is 11.7 Å². The number of carbonyl (C=O) groups is 1. The first kappa shape index (κ1) is 20.4. The smallest absolute Gasteiger partial charge is 0.270 e. The number of hydrogen-bond donors (Lipinski definition) is 1. The van der Waals surface area contributed by atoms with Gasteiger partial charge < -0.3 is 9.88 Å². The van der Waals surface area contributed by atoms with E-state index in [1.54, 1.807) is 12.3 Å². The number of aromatic amines is 1. The summed E-state index contributed by atoms with van der Waals surface area (Å²) >= 11 is 0. The van der Waals surface area contributed by atoms with Crippen LogP contribution in [0.25, 0.3) is 22.2 Å². The number of aryl methyl sites for hydroxylation is 2. The van der Waals surface area contributed by atoms with Crippen LogP contribution in [0, 0.1) is 12.7 Å². The first-order valence-corrected chi connectivity index (χ1v) is 10.7. The van der Waals surface area contributed by atoms with E-state index >= 15 is 0 Å². The molecular weight excluding hydrogens is 407 g/mol. The molecule has 5 rings (SSSR count). The van der Waals surface area contributed by atoms with E-state index in [1.165, 1.54) is 12.1 Å². The Bertz CT molecular complexity index is 1270.